The maximum absolute atomic E-state index is 12.2. The summed E-state index contributed by atoms with van der Waals surface area (Å²) < 4.78 is 46.2. The van der Waals surface area contributed by atoms with E-state index in [4.69, 9.17) is 9.84 Å². The van der Waals surface area contributed by atoms with Gasteiger partial charge in [0, 0.05) is 0 Å². The highest BCUT2D eigenvalue weighted by Crippen LogP contribution is 2.25. The number of benzene rings is 1. The van der Waals surface area contributed by atoms with E-state index in [1.807, 2.05) is 0 Å². The summed E-state index contributed by atoms with van der Waals surface area (Å²) in [6, 6.07) is 3.99. The first-order valence-electron chi connectivity index (χ1n) is 5.34. The van der Waals surface area contributed by atoms with Gasteiger partial charge < -0.3 is 14.6 Å². The monoisotopic (exact) mass is 278 g/mol. The lowest BCUT2D eigenvalue weighted by Gasteiger charge is -2.16. The Bertz CT molecular complexity index is 457. The van der Waals surface area contributed by atoms with Crippen LogP contribution in [0.25, 0.3) is 0 Å². The van der Waals surface area contributed by atoms with Gasteiger partial charge in [0.2, 0.25) is 0 Å². The normalized spacial score (nSPS) is 13.1. The largest absolute Gasteiger partial charge is 0.496 e. The maximum Gasteiger partial charge on any atom is 0.414 e. The van der Waals surface area contributed by atoms with Crippen LogP contribution in [0, 0.1) is 0 Å². The molecule has 1 atom stereocenters. The van der Waals surface area contributed by atoms with Gasteiger partial charge in [-0.2, -0.15) is 13.2 Å². The van der Waals surface area contributed by atoms with Crippen molar-refractivity contribution in [3.05, 3.63) is 29.3 Å². The Morgan fingerprint density at radius 1 is 1.42 bits per heavy atom. The average molecular weight is 278 g/mol. The predicted molar refractivity (Wildman–Crippen MR) is 60.3 cm³/mol. The molecule has 1 rings (SSSR count). The third-order valence-electron chi connectivity index (χ3n) is 2.46. The zero-order valence-corrected chi connectivity index (χ0v) is 10.3. The number of carboxylic acid groups (broad SMARTS) is 1. The molecule has 0 saturated carbocycles. The van der Waals surface area contributed by atoms with Gasteiger partial charge >= 0.3 is 12.1 Å². The molecule has 0 radical (unpaired) electrons. The minimum Gasteiger partial charge on any atom is -0.496 e. The molecule has 0 saturated heterocycles. The molecule has 0 aliphatic rings. The van der Waals surface area contributed by atoms with Crippen LogP contribution in [0.4, 0.5) is 13.2 Å². The number of halogens is 3. The van der Waals surface area contributed by atoms with E-state index in [1.54, 1.807) is 0 Å². The molecule has 1 unspecified atom stereocenters. The molecular formula is C12H13F3O4. The fourth-order valence-electron chi connectivity index (χ4n) is 1.32. The summed E-state index contributed by atoms with van der Waals surface area (Å²) in [7, 11) is 1.28. The van der Waals surface area contributed by atoms with E-state index in [1.165, 1.54) is 25.3 Å². The van der Waals surface area contributed by atoms with Crippen LogP contribution >= 0.6 is 0 Å². The Hall–Kier alpha value is -1.76. The molecule has 0 spiro atoms. The number of carboxylic acids is 1. The van der Waals surface area contributed by atoms with Crippen LogP contribution in [-0.2, 0) is 11.3 Å². The SMILES string of the molecule is COc1cc(COC(C)C(F)(F)F)ccc1C(=O)O. The first kappa shape index (κ1) is 15.3. The van der Waals surface area contributed by atoms with E-state index in [2.05, 4.69) is 4.74 Å². The highest BCUT2D eigenvalue weighted by Gasteiger charge is 2.36. The minimum absolute atomic E-state index is 0.0601. The van der Waals surface area contributed by atoms with Crippen molar-refractivity contribution in [2.45, 2.75) is 25.8 Å². The number of hydrogen-bond acceptors (Lipinski definition) is 3. The van der Waals surface area contributed by atoms with Gasteiger partial charge in [0.05, 0.1) is 13.7 Å². The molecule has 0 aliphatic heterocycles. The van der Waals surface area contributed by atoms with Gasteiger partial charge in [-0.25, -0.2) is 4.79 Å². The van der Waals surface area contributed by atoms with Crippen molar-refractivity contribution in [3.63, 3.8) is 0 Å². The Labute approximate surface area is 107 Å². The molecule has 19 heavy (non-hydrogen) atoms. The van der Waals surface area contributed by atoms with Crippen LogP contribution in [0.2, 0.25) is 0 Å². The fourth-order valence-corrected chi connectivity index (χ4v) is 1.32. The van der Waals surface area contributed by atoms with Crippen LogP contribution in [0.3, 0.4) is 0 Å². The standard InChI is InChI=1S/C12H13F3O4/c1-7(12(13,14)15)19-6-8-3-4-9(11(16)17)10(5-8)18-2/h3-5,7H,6H2,1-2H3,(H,16,17). The fraction of sp³-hybridized carbons (Fsp3) is 0.417. The van der Waals surface area contributed by atoms with Gasteiger partial charge in [0.25, 0.3) is 0 Å². The summed E-state index contributed by atoms with van der Waals surface area (Å²) in [6.07, 6.45) is -6.32. The predicted octanol–water partition coefficient (Wildman–Crippen LogP) is 2.86. The minimum atomic E-state index is -4.43. The third-order valence-corrected chi connectivity index (χ3v) is 2.46. The van der Waals surface area contributed by atoms with Crippen molar-refractivity contribution in [1.29, 1.82) is 0 Å². The van der Waals surface area contributed by atoms with E-state index in [0.29, 0.717) is 5.56 Å². The number of aromatic carboxylic acids is 1. The summed E-state index contributed by atoms with van der Waals surface area (Å²) in [5, 5.41) is 8.85. The Kier molecular flexibility index (Phi) is 4.77. The highest BCUT2D eigenvalue weighted by atomic mass is 19.4. The van der Waals surface area contributed by atoms with Crippen molar-refractivity contribution in [2.75, 3.05) is 7.11 Å². The van der Waals surface area contributed by atoms with Crippen molar-refractivity contribution < 1.29 is 32.5 Å². The second-order valence-electron chi connectivity index (χ2n) is 3.83. The summed E-state index contributed by atoms with van der Waals surface area (Å²) in [5.74, 6) is -1.10. The lowest BCUT2D eigenvalue weighted by Crippen LogP contribution is -2.28. The topological polar surface area (TPSA) is 55.8 Å². The van der Waals surface area contributed by atoms with E-state index in [-0.39, 0.29) is 17.9 Å². The number of methoxy groups -OCH3 is 1. The quantitative estimate of drug-likeness (QED) is 0.899. The van der Waals surface area contributed by atoms with Crippen molar-refractivity contribution in [2.24, 2.45) is 0 Å². The van der Waals surface area contributed by atoms with Gasteiger partial charge in [-0.05, 0) is 24.6 Å². The first-order chi connectivity index (χ1) is 8.75. The summed E-state index contributed by atoms with van der Waals surface area (Å²) >= 11 is 0. The lowest BCUT2D eigenvalue weighted by molar-refractivity contribution is -0.217. The zero-order chi connectivity index (χ0) is 14.6. The molecule has 0 aromatic heterocycles. The van der Waals surface area contributed by atoms with E-state index in [0.717, 1.165) is 6.92 Å². The summed E-state index contributed by atoms with van der Waals surface area (Å²) in [6.45, 7) is 0.625. The van der Waals surface area contributed by atoms with Gasteiger partial charge in [-0.15, -0.1) is 0 Å². The number of ether oxygens (including phenoxy) is 2. The Balaban J connectivity index is 2.78. The molecule has 1 aromatic carbocycles. The average Bonchev–Trinajstić information content (AvgIpc) is 2.33. The van der Waals surface area contributed by atoms with Crippen LogP contribution in [0.5, 0.6) is 5.75 Å². The Morgan fingerprint density at radius 2 is 2.05 bits per heavy atom. The van der Waals surface area contributed by atoms with E-state index < -0.39 is 18.2 Å². The molecule has 0 heterocycles. The van der Waals surface area contributed by atoms with Crippen molar-refractivity contribution in [1.82, 2.24) is 0 Å². The van der Waals surface area contributed by atoms with Crippen LogP contribution < -0.4 is 4.74 Å². The second-order valence-corrected chi connectivity index (χ2v) is 3.83. The molecule has 106 valence electrons. The number of hydrogen-bond donors (Lipinski definition) is 1. The molecular weight excluding hydrogens is 265 g/mol. The molecule has 1 aromatic rings. The smallest absolute Gasteiger partial charge is 0.414 e. The van der Waals surface area contributed by atoms with Crippen LogP contribution in [0.15, 0.2) is 18.2 Å². The summed E-state index contributed by atoms with van der Waals surface area (Å²) in [5.41, 5.74) is 0.341. The van der Waals surface area contributed by atoms with Gasteiger partial charge in [-0.3, -0.25) is 0 Å². The zero-order valence-electron chi connectivity index (χ0n) is 10.3. The second kappa shape index (κ2) is 5.92. The molecule has 0 aliphatic carbocycles. The first-order valence-corrected chi connectivity index (χ1v) is 5.34. The molecule has 0 bridgehead atoms. The van der Waals surface area contributed by atoms with Gasteiger partial charge in [-0.1, -0.05) is 6.07 Å². The van der Waals surface area contributed by atoms with Crippen LogP contribution in [-0.4, -0.2) is 30.5 Å². The highest BCUT2D eigenvalue weighted by molar-refractivity contribution is 5.90. The van der Waals surface area contributed by atoms with E-state index >= 15 is 0 Å². The maximum atomic E-state index is 12.2. The van der Waals surface area contributed by atoms with Crippen LogP contribution in [0.1, 0.15) is 22.8 Å². The van der Waals surface area contributed by atoms with Crippen molar-refractivity contribution in [3.8, 4) is 5.75 Å². The van der Waals surface area contributed by atoms with Gasteiger partial charge in [0.1, 0.15) is 11.3 Å². The third kappa shape index (κ3) is 4.13. The van der Waals surface area contributed by atoms with E-state index in [9.17, 15) is 18.0 Å². The van der Waals surface area contributed by atoms with Crippen molar-refractivity contribution >= 4 is 5.97 Å². The molecule has 0 fully saturated rings. The molecule has 0 amide bonds. The lowest BCUT2D eigenvalue weighted by atomic mass is 10.1. The molecule has 1 N–H and O–H groups in total. The Morgan fingerprint density at radius 3 is 2.53 bits per heavy atom. The number of alkyl halides is 3. The summed E-state index contributed by atoms with van der Waals surface area (Å²) in [4.78, 5) is 10.8. The number of carbonyl (C=O) groups is 1. The number of rotatable bonds is 5. The van der Waals surface area contributed by atoms with Gasteiger partial charge in [0.15, 0.2) is 6.10 Å². The molecule has 4 nitrogen and oxygen atoms in total. The molecule has 7 heteroatoms.